The standard InChI is InChI=1S/C17H17BrClNO3/c1-4-23-16-12(18)8-11(9-15(16)22-3)17(21)20-14-7-5-6-13(19)10(14)2/h5-9H,4H2,1-3H3,(H,20,21). The van der Waals surface area contributed by atoms with Gasteiger partial charge in [-0.05, 0) is 59.6 Å². The first-order valence-corrected chi connectivity index (χ1v) is 8.21. The molecule has 2 rings (SSSR count). The van der Waals surface area contributed by atoms with Crippen molar-refractivity contribution < 1.29 is 14.3 Å². The third-order valence-electron chi connectivity index (χ3n) is 3.30. The van der Waals surface area contributed by atoms with Crippen molar-refractivity contribution in [1.82, 2.24) is 0 Å². The molecule has 0 aliphatic carbocycles. The van der Waals surface area contributed by atoms with Crippen LogP contribution in [0, 0.1) is 6.92 Å². The molecular formula is C17H17BrClNO3. The highest BCUT2D eigenvalue weighted by Crippen LogP contribution is 2.37. The molecule has 4 nitrogen and oxygen atoms in total. The van der Waals surface area contributed by atoms with E-state index < -0.39 is 0 Å². The summed E-state index contributed by atoms with van der Waals surface area (Å²) in [5.74, 6) is 0.817. The van der Waals surface area contributed by atoms with Crippen LogP contribution in [0.5, 0.6) is 11.5 Å². The summed E-state index contributed by atoms with van der Waals surface area (Å²) in [6, 6.07) is 8.72. The van der Waals surface area contributed by atoms with E-state index >= 15 is 0 Å². The molecule has 0 bridgehead atoms. The molecular weight excluding hydrogens is 382 g/mol. The normalized spacial score (nSPS) is 10.3. The number of halogens is 2. The Hall–Kier alpha value is -1.72. The van der Waals surface area contributed by atoms with Gasteiger partial charge in [0.2, 0.25) is 0 Å². The highest BCUT2D eigenvalue weighted by atomic mass is 79.9. The molecule has 0 spiro atoms. The van der Waals surface area contributed by atoms with E-state index in [0.29, 0.717) is 38.9 Å². The van der Waals surface area contributed by atoms with E-state index in [1.165, 1.54) is 7.11 Å². The molecule has 0 heterocycles. The van der Waals surface area contributed by atoms with Gasteiger partial charge in [-0.2, -0.15) is 0 Å². The Balaban J connectivity index is 2.32. The van der Waals surface area contributed by atoms with Crippen LogP contribution >= 0.6 is 27.5 Å². The van der Waals surface area contributed by atoms with Gasteiger partial charge in [0.15, 0.2) is 11.5 Å². The number of hydrogen-bond donors (Lipinski definition) is 1. The minimum absolute atomic E-state index is 0.252. The second-order valence-corrected chi connectivity index (χ2v) is 6.05. The van der Waals surface area contributed by atoms with E-state index in [4.69, 9.17) is 21.1 Å². The Bertz CT molecular complexity index is 734. The van der Waals surface area contributed by atoms with Gasteiger partial charge < -0.3 is 14.8 Å². The lowest BCUT2D eigenvalue weighted by molar-refractivity contribution is 0.102. The summed E-state index contributed by atoms with van der Waals surface area (Å²) >= 11 is 9.49. The molecule has 1 amide bonds. The van der Waals surface area contributed by atoms with Crippen molar-refractivity contribution in [2.45, 2.75) is 13.8 Å². The van der Waals surface area contributed by atoms with Crippen LogP contribution in [0.2, 0.25) is 5.02 Å². The van der Waals surface area contributed by atoms with E-state index in [2.05, 4.69) is 21.2 Å². The predicted octanol–water partition coefficient (Wildman–Crippen LogP) is 5.07. The van der Waals surface area contributed by atoms with Crippen molar-refractivity contribution in [3.8, 4) is 11.5 Å². The molecule has 2 aromatic rings. The van der Waals surface area contributed by atoms with E-state index in [1.54, 1.807) is 30.3 Å². The van der Waals surface area contributed by atoms with Crippen molar-refractivity contribution in [3.63, 3.8) is 0 Å². The zero-order valence-electron chi connectivity index (χ0n) is 13.1. The lowest BCUT2D eigenvalue weighted by Gasteiger charge is -2.14. The Morgan fingerprint density at radius 2 is 2.09 bits per heavy atom. The van der Waals surface area contributed by atoms with Crippen LogP contribution in [0.25, 0.3) is 0 Å². The number of anilines is 1. The summed E-state index contributed by atoms with van der Waals surface area (Å²) in [6.45, 7) is 4.24. The summed E-state index contributed by atoms with van der Waals surface area (Å²) in [4.78, 5) is 12.5. The van der Waals surface area contributed by atoms with Crippen LogP contribution in [-0.2, 0) is 0 Å². The van der Waals surface area contributed by atoms with Crippen LogP contribution in [0.15, 0.2) is 34.8 Å². The van der Waals surface area contributed by atoms with Crippen LogP contribution in [0.4, 0.5) is 5.69 Å². The number of nitrogens with one attached hydrogen (secondary N) is 1. The Morgan fingerprint density at radius 1 is 1.35 bits per heavy atom. The second kappa shape index (κ2) is 7.70. The van der Waals surface area contributed by atoms with Gasteiger partial charge in [0.1, 0.15) is 0 Å². The van der Waals surface area contributed by atoms with Crippen molar-refractivity contribution in [3.05, 3.63) is 51.0 Å². The SMILES string of the molecule is CCOc1c(Br)cc(C(=O)Nc2cccc(Cl)c2C)cc1OC. The summed E-state index contributed by atoms with van der Waals surface area (Å²) < 4.78 is 11.5. The molecule has 0 fully saturated rings. The second-order valence-electron chi connectivity index (χ2n) is 4.79. The van der Waals surface area contributed by atoms with Gasteiger partial charge in [-0.1, -0.05) is 17.7 Å². The number of rotatable bonds is 5. The molecule has 0 saturated heterocycles. The summed E-state index contributed by atoms with van der Waals surface area (Å²) in [5.41, 5.74) is 1.95. The quantitative estimate of drug-likeness (QED) is 0.765. The number of ether oxygens (including phenoxy) is 2. The van der Waals surface area contributed by atoms with E-state index in [1.807, 2.05) is 13.8 Å². The Morgan fingerprint density at radius 3 is 2.74 bits per heavy atom. The molecule has 1 N–H and O–H groups in total. The fourth-order valence-corrected chi connectivity index (χ4v) is 2.80. The summed E-state index contributed by atoms with van der Waals surface area (Å²) in [6.07, 6.45) is 0. The number of carbonyl (C=O) groups excluding carboxylic acids is 1. The van der Waals surface area contributed by atoms with Crippen LogP contribution < -0.4 is 14.8 Å². The molecule has 0 aliphatic rings. The minimum Gasteiger partial charge on any atom is -0.493 e. The van der Waals surface area contributed by atoms with E-state index in [-0.39, 0.29) is 5.91 Å². The Labute approximate surface area is 148 Å². The third kappa shape index (κ3) is 3.98. The molecule has 0 unspecified atom stereocenters. The number of amides is 1. The third-order valence-corrected chi connectivity index (χ3v) is 4.29. The highest BCUT2D eigenvalue weighted by molar-refractivity contribution is 9.10. The molecule has 2 aromatic carbocycles. The van der Waals surface area contributed by atoms with Gasteiger partial charge >= 0.3 is 0 Å². The van der Waals surface area contributed by atoms with Crippen molar-refractivity contribution in [2.24, 2.45) is 0 Å². The lowest BCUT2D eigenvalue weighted by Crippen LogP contribution is -2.13. The van der Waals surface area contributed by atoms with Gasteiger partial charge in [0.05, 0.1) is 18.2 Å². The monoisotopic (exact) mass is 397 g/mol. The number of methoxy groups -OCH3 is 1. The fraction of sp³-hybridized carbons (Fsp3) is 0.235. The molecule has 0 radical (unpaired) electrons. The zero-order chi connectivity index (χ0) is 17.0. The maximum Gasteiger partial charge on any atom is 0.255 e. The topological polar surface area (TPSA) is 47.6 Å². The first-order valence-electron chi connectivity index (χ1n) is 7.04. The smallest absolute Gasteiger partial charge is 0.255 e. The zero-order valence-corrected chi connectivity index (χ0v) is 15.4. The largest absolute Gasteiger partial charge is 0.493 e. The summed E-state index contributed by atoms with van der Waals surface area (Å²) in [5, 5.41) is 3.46. The van der Waals surface area contributed by atoms with Crippen molar-refractivity contribution in [2.75, 3.05) is 19.0 Å². The van der Waals surface area contributed by atoms with Crippen molar-refractivity contribution in [1.29, 1.82) is 0 Å². The predicted molar refractivity (Wildman–Crippen MR) is 96.0 cm³/mol. The van der Waals surface area contributed by atoms with Gasteiger partial charge in [0, 0.05) is 16.3 Å². The van der Waals surface area contributed by atoms with Crippen LogP contribution in [0.1, 0.15) is 22.8 Å². The number of benzene rings is 2. The van der Waals surface area contributed by atoms with Gasteiger partial charge in [-0.25, -0.2) is 0 Å². The Kier molecular flexibility index (Phi) is 5.91. The summed E-state index contributed by atoms with van der Waals surface area (Å²) in [7, 11) is 1.53. The number of carbonyl (C=O) groups is 1. The minimum atomic E-state index is -0.252. The molecule has 0 aromatic heterocycles. The fourth-order valence-electron chi connectivity index (χ4n) is 2.07. The molecule has 6 heteroatoms. The average molecular weight is 399 g/mol. The lowest BCUT2D eigenvalue weighted by atomic mass is 10.1. The van der Waals surface area contributed by atoms with Gasteiger partial charge in [-0.3, -0.25) is 4.79 Å². The number of hydrogen-bond acceptors (Lipinski definition) is 3. The maximum atomic E-state index is 12.5. The first-order chi connectivity index (χ1) is 11.0. The maximum absolute atomic E-state index is 12.5. The molecule has 23 heavy (non-hydrogen) atoms. The van der Waals surface area contributed by atoms with Gasteiger partial charge in [-0.15, -0.1) is 0 Å². The first kappa shape index (κ1) is 17.6. The molecule has 0 atom stereocenters. The van der Waals surface area contributed by atoms with Gasteiger partial charge in [0.25, 0.3) is 5.91 Å². The highest BCUT2D eigenvalue weighted by Gasteiger charge is 2.16. The van der Waals surface area contributed by atoms with Crippen LogP contribution in [-0.4, -0.2) is 19.6 Å². The molecule has 0 saturated carbocycles. The average Bonchev–Trinajstić information content (AvgIpc) is 2.53. The van der Waals surface area contributed by atoms with E-state index in [0.717, 1.165) is 5.56 Å². The van der Waals surface area contributed by atoms with Crippen molar-refractivity contribution >= 4 is 39.1 Å². The van der Waals surface area contributed by atoms with Crippen LogP contribution in [0.3, 0.4) is 0 Å². The van der Waals surface area contributed by atoms with E-state index in [9.17, 15) is 4.79 Å². The molecule has 0 aliphatic heterocycles. The molecule has 122 valence electrons.